The predicted octanol–water partition coefficient (Wildman–Crippen LogP) is 1.31. The Morgan fingerprint density at radius 1 is 1.47 bits per heavy atom. The Morgan fingerprint density at radius 2 is 2.26 bits per heavy atom. The molecule has 0 radical (unpaired) electrons. The van der Waals surface area contributed by atoms with Crippen LogP contribution in [0.3, 0.4) is 0 Å². The fourth-order valence-corrected chi connectivity index (χ4v) is 3.38. The van der Waals surface area contributed by atoms with Gasteiger partial charge in [-0.05, 0) is 31.6 Å². The van der Waals surface area contributed by atoms with Crippen LogP contribution in [-0.4, -0.2) is 47.3 Å². The van der Waals surface area contributed by atoms with Gasteiger partial charge in [-0.3, -0.25) is 4.79 Å². The van der Waals surface area contributed by atoms with E-state index in [2.05, 4.69) is 10.2 Å². The molecule has 2 aliphatic rings. The lowest BCUT2D eigenvalue weighted by Gasteiger charge is -2.44. The fraction of sp³-hybridized carbons (Fsp3) is 0.500. The van der Waals surface area contributed by atoms with Crippen molar-refractivity contribution in [2.45, 2.75) is 18.4 Å². The monoisotopic (exact) mass is 262 g/mol. The molecule has 3 unspecified atom stereocenters. The van der Waals surface area contributed by atoms with Crippen molar-refractivity contribution in [2.24, 2.45) is 5.92 Å². The summed E-state index contributed by atoms with van der Waals surface area (Å²) in [6, 6.07) is 5.22. The molecule has 0 bridgehead atoms. The maximum Gasteiger partial charge on any atom is 0.311 e. The number of piperidine rings is 1. The van der Waals surface area contributed by atoms with E-state index < -0.39 is 11.9 Å². The van der Waals surface area contributed by atoms with E-state index in [0.717, 1.165) is 19.5 Å². The molecule has 0 aliphatic carbocycles. The molecule has 3 atom stereocenters. The Balaban J connectivity index is 2.07. The van der Waals surface area contributed by atoms with Gasteiger partial charge in [-0.15, -0.1) is 0 Å². The first-order valence-electron chi connectivity index (χ1n) is 6.57. The SMILES string of the molecule is CN1CCC2Nc3c(O)cccc3C(C(=O)O)C2C1. The molecular weight excluding hydrogens is 244 g/mol. The fourth-order valence-electron chi connectivity index (χ4n) is 3.38. The average molecular weight is 262 g/mol. The van der Waals surface area contributed by atoms with Gasteiger partial charge in [0, 0.05) is 18.5 Å². The minimum atomic E-state index is -0.807. The molecule has 0 amide bonds. The normalized spacial score (nSPS) is 30.1. The van der Waals surface area contributed by atoms with Crippen molar-refractivity contribution < 1.29 is 15.0 Å². The number of carbonyl (C=O) groups is 1. The van der Waals surface area contributed by atoms with E-state index in [-0.39, 0.29) is 17.7 Å². The number of hydrogen-bond acceptors (Lipinski definition) is 4. The molecule has 1 aromatic rings. The second-order valence-electron chi connectivity index (χ2n) is 5.52. The maximum atomic E-state index is 11.7. The van der Waals surface area contributed by atoms with Crippen LogP contribution < -0.4 is 5.32 Å². The lowest BCUT2D eigenvalue weighted by molar-refractivity contribution is -0.141. The third kappa shape index (κ3) is 1.94. The number of anilines is 1. The summed E-state index contributed by atoms with van der Waals surface area (Å²) in [7, 11) is 2.02. The van der Waals surface area contributed by atoms with Crippen LogP contribution in [0.4, 0.5) is 5.69 Å². The van der Waals surface area contributed by atoms with E-state index in [1.54, 1.807) is 18.2 Å². The number of carboxylic acid groups (broad SMARTS) is 1. The van der Waals surface area contributed by atoms with Gasteiger partial charge in [0.05, 0.1) is 11.6 Å². The molecule has 0 spiro atoms. The van der Waals surface area contributed by atoms with E-state index in [1.807, 2.05) is 7.05 Å². The van der Waals surface area contributed by atoms with Crippen molar-refractivity contribution in [1.29, 1.82) is 0 Å². The second kappa shape index (κ2) is 4.42. The second-order valence-corrected chi connectivity index (χ2v) is 5.52. The minimum Gasteiger partial charge on any atom is -0.506 e. The summed E-state index contributed by atoms with van der Waals surface area (Å²) >= 11 is 0. The minimum absolute atomic E-state index is 0.0468. The number of likely N-dealkylation sites (tertiary alicyclic amines) is 1. The Labute approximate surface area is 111 Å². The van der Waals surface area contributed by atoms with Crippen LogP contribution in [0, 0.1) is 5.92 Å². The van der Waals surface area contributed by atoms with Crippen LogP contribution in [0.1, 0.15) is 17.9 Å². The zero-order valence-corrected chi connectivity index (χ0v) is 10.8. The van der Waals surface area contributed by atoms with E-state index in [4.69, 9.17) is 0 Å². The summed E-state index contributed by atoms with van der Waals surface area (Å²) in [5, 5.41) is 22.8. The third-order valence-electron chi connectivity index (χ3n) is 4.29. The predicted molar refractivity (Wildman–Crippen MR) is 71.5 cm³/mol. The average Bonchev–Trinajstić information content (AvgIpc) is 2.36. The standard InChI is InChI=1S/C14H18N2O3/c1-16-6-5-10-9(7-16)12(14(18)19)8-3-2-4-11(17)13(8)15-10/h2-4,9-10,12,15,17H,5-7H2,1H3,(H,18,19). The molecule has 2 heterocycles. The van der Waals surface area contributed by atoms with Crippen molar-refractivity contribution in [3.63, 3.8) is 0 Å². The van der Waals surface area contributed by atoms with E-state index in [0.29, 0.717) is 11.3 Å². The first kappa shape index (κ1) is 12.3. The molecule has 102 valence electrons. The third-order valence-corrected chi connectivity index (χ3v) is 4.29. The molecule has 5 heteroatoms. The molecule has 1 aromatic carbocycles. The Kier molecular flexibility index (Phi) is 2.86. The van der Waals surface area contributed by atoms with Crippen LogP contribution in [0.2, 0.25) is 0 Å². The number of aromatic hydroxyl groups is 1. The number of benzene rings is 1. The number of nitrogens with zero attached hydrogens (tertiary/aromatic N) is 1. The largest absolute Gasteiger partial charge is 0.506 e. The number of hydrogen-bond donors (Lipinski definition) is 3. The molecular formula is C14H18N2O3. The number of para-hydroxylation sites is 1. The lowest BCUT2D eigenvalue weighted by atomic mass is 9.74. The summed E-state index contributed by atoms with van der Waals surface area (Å²) in [5.74, 6) is -1.17. The highest BCUT2D eigenvalue weighted by molar-refractivity contribution is 5.82. The van der Waals surface area contributed by atoms with E-state index in [1.165, 1.54) is 0 Å². The summed E-state index contributed by atoms with van der Waals surface area (Å²) in [5.41, 5.74) is 1.30. The highest BCUT2D eigenvalue weighted by Gasteiger charge is 2.43. The van der Waals surface area contributed by atoms with Crippen molar-refractivity contribution in [3.05, 3.63) is 23.8 Å². The number of rotatable bonds is 1. The number of aliphatic carboxylic acids is 1. The van der Waals surface area contributed by atoms with Crippen LogP contribution in [0.15, 0.2) is 18.2 Å². The van der Waals surface area contributed by atoms with Gasteiger partial charge in [0.25, 0.3) is 0 Å². The van der Waals surface area contributed by atoms with Gasteiger partial charge < -0.3 is 20.4 Å². The number of nitrogens with one attached hydrogen (secondary N) is 1. The first-order valence-corrected chi connectivity index (χ1v) is 6.57. The number of carboxylic acids is 1. The molecule has 1 saturated heterocycles. The number of phenols is 1. The molecule has 3 rings (SSSR count). The summed E-state index contributed by atoms with van der Waals surface area (Å²) in [6.45, 7) is 1.72. The quantitative estimate of drug-likeness (QED) is 0.665. The van der Waals surface area contributed by atoms with Crippen molar-refractivity contribution in [1.82, 2.24) is 4.90 Å². The van der Waals surface area contributed by atoms with Crippen LogP contribution in [-0.2, 0) is 4.79 Å². The molecule has 1 fully saturated rings. The van der Waals surface area contributed by atoms with E-state index >= 15 is 0 Å². The van der Waals surface area contributed by atoms with Gasteiger partial charge in [-0.1, -0.05) is 12.1 Å². The van der Waals surface area contributed by atoms with Crippen molar-refractivity contribution in [3.8, 4) is 5.75 Å². The van der Waals surface area contributed by atoms with Gasteiger partial charge in [0.1, 0.15) is 5.75 Å². The summed E-state index contributed by atoms with van der Waals surface area (Å²) in [6.07, 6.45) is 0.902. The molecule has 0 saturated carbocycles. The molecule has 3 N–H and O–H groups in total. The van der Waals surface area contributed by atoms with Crippen LogP contribution in [0.5, 0.6) is 5.75 Å². The van der Waals surface area contributed by atoms with Gasteiger partial charge in [0.15, 0.2) is 0 Å². The van der Waals surface area contributed by atoms with E-state index in [9.17, 15) is 15.0 Å². The summed E-state index contributed by atoms with van der Waals surface area (Å²) < 4.78 is 0. The van der Waals surface area contributed by atoms with Crippen molar-refractivity contribution >= 4 is 11.7 Å². The topological polar surface area (TPSA) is 72.8 Å². The Morgan fingerprint density at radius 3 is 3.00 bits per heavy atom. The van der Waals surface area contributed by atoms with Gasteiger partial charge in [0.2, 0.25) is 0 Å². The lowest BCUT2D eigenvalue weighted by Crippen LogP contribution is -2.51. The highest BCUT2D eigenvalue weighted by atomic mass is 16.4. The zero-order valence-electron chi connectivity index (χ0n) is 10.8. The molecule has 2 aliphatic heterocycles. The first-order chi connectivity index (χ1) is 9.08. The van der Waals surface area contributed by atoms with Crippen LogP contribution in [0.25, 0.3) is 0 Å². The molecule has 19 heavy (non-hydrogen) atoms. The smallest absolute Gasteiger partial charge is 0.311 e. The van der Waals surface area contributed by atoms with Crippen LogP contribution >= 0.6 is 0 Å². The van der Waals surface area contributed by atoms with Gasteiger partial charge in [-0.2, -0.15) is 0 Å². The highest BCUT2D eigenvalue weighted by Crippen LogP contribution is 2.44. The number of phenolic OH excluding ortho intramolecular Hbond substituents is 1. The number of fused-ring (bicyclic) bond motifs is 2. The zero-order chi connectivity index (χ0) is 13.6. The van der Waals surface area contributed by atoms with Gasteiger partial charge in [-0.25, -0.2) is 0 Å². The molecule has 0 aromatic heterocycles. The molecule has 5 nitrogen and oxygen atoms in total. The maximum absolute atomic E-state index is 11.7. The van der Waals surface area contributed by atoms with Crippen molar-refractivity contribution in [2.75, 3.05) is 25.5 Å². The van der Waals surface area contributed by atoms with Gasteiger partial charge >= 0.3 is 5.97 Å². The summed E-state index contributed by atoms with van der Waals surface area (Å²) in [4.78, 5) is 13.8. The Hall–Kier alpha value is -1.75. The Bertz CT molecular complexity index is 517.